The minimum Gasteiger partial charge on any atom is -0.393 e. The van der Waals surface area contributed by atoms with E-state index in [1.54, 1.807) is 0 Å². The van der Waals surface area contributed by atoms with Crippen molar-refractivity contribution in [3.63, 3.8) is 0 Å². The molecule has 4 nitrogen and oxygen atoms in total. The first-order valence-electron chi connectivity index (χ1n) is 7.89. The number of likely N-dealkylation sites (tertiary alicyclic amines) is 1. The van der Waals surface area contributed by atoms with Gasteiger partial charge in [0.05, 0.1) is 6.10 Å². The summed E-state index contributed by atoms with van der Waals surface area (Å²) in [4.78, 5) is 17.9. The number of aliphatic hydroxyl groups is 1. The standard InChI is InChI=1S/C16H22N2O2/c19-13-5-4-11-8-18(9-12(11)6-13)16(20)15-7-10-2-1-3-14(10)17-15/h7,11-13,17,19H,1-6,8-9H2. The van der Waals surface area contributed by atoms with Gasteiger partial charge in [-0.3, -0.25) is 4.79 Å². The van der Waals surface area contributed by atoms with Gasteiger partial charge in [0.2, 0.25) is 0 Å². The van der Waals surface area contributed by atoms with Crippen molar-refractivity contribution < 1.29 is 9.90 Å². The smallest absolute Gasteiger partial charge is 0.270 e. The van der Waals surface area contributed by atoms with Crippen LogP contribution in [0.5, 0.6) is 0 Å². The van der Waals surface area contributed by atoms with E-state index in [0.717, 1.165) is 50.9 Å². The first-order valence-corrected chi connectivity index (χ1v) is 7.89. The molecule has 1 saturated heterocycles. The highest BCUT2D eigenvalue weighted by molar-refractivity contribution is 5.93. The minimum absolute atomic E-state index is 0.152. The normalized spacial score (nSPS) is 32.2. The summed E-state index contributed by atoms with van der Waals surface area (Å²) in [6, 6.07) is 2.06. The zero-order valence-corrected chi connectivity index (χ0v) is 11.8. The number of aryl methyl sites for hydroxylation is 2. The van der Waals surface area contributed by atoms with Gasteiger partial charge in [-0.15, -0.1) is 0 Å². The number of nitrogens with one attached hydrogen (secondary N) is 1. The van der Waals surface area contributed by atoms with E-state index < -0.39 is 0 Å². The fourth-order valence-corrected chi connectivity index (χ4v) is 4.30. The van der Waals surface area contributed by atoms with Crippen molar-refractivity contribution in [2.24, 2.45) is 11.8 Å². The lowest BCUT2D eigenvalue weighted by Crippen LogP contribution is -2.29. The summed E-state index contributed by atoms with van der Waals surface area (Å²) in [5, 5.41) is 9.77. The van der Waals surface area contributed by atoms with E-state index >= 15 is 0 Å². The summed E-state index contributed by atoms with van der Waals surface area (Å²) in [5.74, 6) is 1.26. The van der Waals surface area contributed by atoms with Gasteiger partial charge in [-0.05, 0) is 62.0 Å². The minimum atomic E-state index is -0.152. The maximum absolute atomic E-state index is 12.6. The number of aromatic amines is 1. The predicted octanol–water partition coefficient (Wildman–Crippen LogP) is 1.74. The monoisotopic (exact) mass is 274 g/mol. The molecule has 1 aromatic heterocycles. The summed E-state index contributed by atoms with van der Waals surface area (Å²) in [6.45, 7) is 1.70. The second-order valence-corrected chi connectivity index (χ2v) is 6.74. The molecule has 1 aliphatic heterocycles. The predicted molar refractivity (Wildman–Crippen MR) is 75.6 cm³/mol. The van der Waals surface area contributed by atoms with Crippen LogP contribution in [0.15, 0.2) is 6.07 Å². The Balaban J connectivity index is 1.49. The van der Waals surface area contributed by atoms with Crippen molar-refractivity contribution in [2.45, 2.75) is 44.6 Å². The Morgan fingerprint density at radius 2 is 2.10 bits per heavy atom. The number of carbonyl (C=O) groups excluding carboxylic acids is 1. The second-order valence-electron chi connectivity index (χ2n) is 6.74. The van der Waals surface area contributed by atoms with Crippen LogP contribution < -0.4 is 0 Å². The molecule has 3 atom stereocenters. The van der Waals surface area contributed by atoms with Crippen LogP contribution in [0.4, 0.5) is 0 Å². The third-order valence-electron chi connectivity index (χ3n) is 5.40. The number of aromatic nitrogens is 1. The van der Waals surface area contributed by atoms with Crippen LogP contribution in [0.25, 0.3) is 0 Å². The number of fused-ring (bicyclic) bond motifs is 2. The van der Waals surface area contributed by atoms with Crippen molar-refractivity contribution in [2.75, 3.05) is 13.1 Å². The molecule has 0 aromatic carbocycles. The zero-order valence-electron chi connectivity index (χ0n) is 11.8. The van der Waals surface area contributed by atoms with E-state index in [9.17, 15) is 9.90 Å². The van der Waals surface area contributed by atoms with Gasteiger partial charge in [-0.2, -0.15) is 0 Å². The highest BCUT2D eigenvalue weighted by Crippen LogP contribution is 2.37. The topological polar surface area (TPSA) is 56.3 Å². The highest BCUT2D eigenvalue weighted by atomic mass is 16.3. The molecular formula is C16H22N2O2. The zero-order chi connectivity index (χ0) is 13.7. The molecule has 1 aromatic rings. The lowest BCUT2D eigenvalue weighted by Gasteiger charge is -2.27. The Morgan fingerprint density at radius 1 is 1.25 bits per heavy atom. The van der Waals surface area contributed by atoms with Crippen LogP contribution in [0, 0.1) is 11.8 Å². The van der Waals surface area contributed by atoms with Gasteiger partial charge >= 0.3 is 0 Å². The number of nitrogens with zero attached hydrogens (tertiary/aromatic N) is 1. The van der Waals surface area contributed by atoms with Gasteiger partial charge in [0.25, 0.3) is 5.91 Å². The molecule has 2 aliphatic carbocycles. The Labute approximate surface area is 119 Å². The van der Waals surface area contributed by atoms with Crippen LogP contribution >= 0.6 is 0 Å². The summed E-state index contributed by atoms with van der Waals surface area (Å²) < 4.78 is 0. The molecule has 0 spiro atoms. The molecular weight excluding hydrogens is 252 g/mol. The number of aliphatic hydroxyl groups excluding tert-OH is 1. The second kappa shape index (κ2) is 4.62. The fraction of sp³-hybridized carbons (Fsp3) is 0.688. The molecule has 108 valence electrons. The van der Waals surface area contributed by atoms with Gasteiger partial charge < -0.3 is 15.0 Å². The summed E-state index contributed by atoms with van der Waals surface area (Å²) in [6.07, 6.45) is 6.09. The molecule has 0 radical (unpaired) electrons. The maximum atomic E-state index is 12.6. The number of hydrogen-bond acceptors (Lipinski definition) is 2. The molecule has 2 fully saturated rings. The fourth-order valence-electron chi connectivity index (χ4n) is 4.30. The first-order chi connectivity index (χ1) is 9.70. The molecule has 0 bridgehead atoms. The Morgan fingerprint density at radius 3 is 2.95 bits per heavy atom. The molecule has 4 heteroatoms. The van der Waals surface area contributed by atoms with E-state index in [-0.39, 0.29) is 12.0 Å². The molecule has 4 rings (SSSR count). The lowest BCUT2D eigenvalue weighted by atomic mass is 9.80. The van der Waals surface area contributed by atoms with Crippen molar-refractivity contribution >= 4 is 5.91 Å². The maximum Gasteiger partial charge on any atom is 0.270 e. The molecule has 20 heavy (non-hydrogen) atoms. The molecule has 1 amide bonds. The van der Waals surface area contributed by atoms with E-state index in [4.69, 9.17) is 0 Å². The van der Waals surface area contributed by atoms with Crippen molar-refractivity contribution in [1.82, 2.24) is 9.88 Å². The van der Waals surface area contributed by atoms with E-state index in [1.165, 1.54) is 17.7 Å². The quantitative estimate of drug-likeness (QED) is 0.819. The third kappa shape index (κ3) is 1.97. The molecule has 3 aliphatic rings. The Kier molecular flexibility index (Phi) is 2.88. The third-order valence-corrected chi connectivity index (χ3v) is 5.40. The Bertz CT molecular complexity index is 515. The summed E-state index contributed by atoms with van der Waals surface area (Å²) in [5.41, 5.74) is 3.37. The SMILES string of the molecule is O=C(c1cc2c([nH]1)CCC2)N1CC2CCC(O)CC2C1. The summed E-state index contributed by atoms with van der Waals surface area (Å²) in [7, 11) is 0. The lowest BCUT2D eigenvalue weighted by molar-refractivity contribution is 0.0771. The average molecular weight is 274 g/mol. The molecule has 3 unspecified atom stereocenters. The Hall–Kier alpha value is -1.29. The van der Waals surface area contributed by atoms with Crippen molar-refractivity contribution in [3.05, 3.63) is 23.0 Å². The van der Waals surface area contributed by atoms with Crippen molar-refractivity contribution in [3.8, 4) is 0 Å². The number of carbonyl (C=O) groups is 1. The molecule has 2 heterocycles. The van der Waals surface area contributed by atoms with Gasteiger partial charge in [0.15, 0.2) is 0 Å². The van der Waals surface area contributed by atoms with Crippen LogP contribution in [0.1, 0.15) is 47.4 Å². The highest BCUT2D eigenvalue weighted by Gasteiger charge is 2.39. The van der Waals surface area contributed by atoms with Crippen LogP contribution in [-0.2, 0) is 12.8 Å². The van der Waals surface area contributed by atoms with Gasteiger partial charge in [-0.1, -0.05) is 0 Å². The number of rotatable bonds is 1. The van der Waals surface area contributed by atoms with Crippen LogP contribution in [0.3, 0.4) is 0 Å². The van der Waals surface area contributed by atoms with Crippen LogP contribution in [-0.4, -0.2) is 40.1 Å². The van der Waals surface area contributed by atoms with Crippen LogP contribution in [0.2, 0.25) is 0 Å². The van der Waals surface area contributed by atoms with Crippen molar-refractivity contribution in [1.29, 1.82) is 0 Å². The van der Waals surface area contributed by atoms with E-state index in [2.05, 4.69) is 11.1 Å². The number of H-pyrrole nitrogens is 1. The first kappa shape index (κ1) is 12.5. The van der Waals surface area contributed by atoms with Gasteiger partial charge in [0, 0.05) is 18.8 Å². The van der Waals surface area contributed by atoms with Gasteiger partial charge in [0.1, 0.15) is 5.69 Å². The van der Waals surface area contributed by atoms with E-state index in [0.29, 0.717) is 11.8 Å². The number of amides is 1. The molecule has 2 N–H and O–H groups in total. The van der Waals surface area contributed by atoms with E-state index in [1.807, 2.05) is 4.90 Å². The summed E-state index contributed by atoms with van der Waals surface area (Å²) >= 11 is 0. The number of hydrogen-bond donors (Lipinski definition) is 2. The van der Waals surface area contributed by atoms with Gasteiger partial charge in [-0.25, -0.2) is 0 Å². The largest absolute Gasteiger partial charge is 0.393 e. The average Bonchev–Trinajstić information content (AvgIpc) is 3.10. The molecule has 1 saturated carbocycles.